The molecule has 1 aromatic carbocycles. The van der Waals surface area contributed by atoms with E-state index in [1.807, 2.05) is 6.92 Å². The van der Waals surface area contributed by atoms with E-state index in [4.69, 9.17) is 16.3 Å². The number of carbonyl (C=O) groups is 1. The molecule has 0 aliphatic rings. The van der Waals surface area contributed by atoms with Crippen LogP contribution in [0.4, 0.5) is 5.69 Å². The molecule has 1 rings (SSSR count). The van der Waals surface area contributed by atoms with Gasteiger partial charge in [0.1, 0.15) is 0 Å². The fourth-order valence-electron chi connectivity index (χ4n) is 1.41. The highest BCUT2D eigenvalue weighted by atomic mass is 79.9. The standard InChI is InChI=1S/C14H19BrClNO2S/c1-5-19-13-10(15)6-9(16)7-11(13)17-12(18)8-20-14(2,3)4/h6-7H,5,8H2,1-4H3,(H,17,18). The van der Waals surface area contributed by atoms with E-state index in [9.17, 15) is 4.79 Å². The summed E-state index contributed by atoms with van der Waals surface area (Å²) in [6, 6.07) is 3.43. The molecule has 3 nitrogen and oxygen atoms in total. The van der Waals surface area contributed by atoms with Crippen molar-refractivity contribution in [1.29, 1.82) is 0 Å². The molecule has 0 fully saturated rings. The van der Waals surface area contributed by atoms with Crippen molar-refractivity contribution in [2.75, 3.05) is 17.7 Å². The first-order valence-corrected chi connectivity index (χ1v) is 8.44. The maximum Gasteiger partial charge on any atom is 0.234 e. The van der Waals surface area contributed by atoms with Crippen molar-refractivity contribution in [3.63, 3.8) is 0 Å². The van der Waals surface area contributed by atoms with Gasteiger partial charge in [-0.15, -0.1) is 11.8 Å². The van der Waals surface area contributed by atoms with E-state index in [-0.39, 0.29) is 10.7 Å². The van der Waals surface area contributed by atoms with Gasteiger partial charge < -0.3 is 10.1 Å². The maximum absolute atomic E-state index is 12.0. The molecule has 6 heteroatoms. The molecule has 1 amide bonds. The number of rotatable bonds is 5. The Morgan fingerprint density at radius 3 is 2.65 bits per heavy atom. The van der Waals surface area contributed by atoms with Crippen molar-refractivity contribution in [3.05, 3.63) is 21.6 Å². The van der Waals surface area contributed by atoms with Gasteiger partial charge in [-0.25, -0.2) is 0 Å². The summed E-state index contributed by atoms with van der Waals surface area (Å²) in [5.41, 5.74) is 0.589. The summed E-state index contributed by atoms with van der Waals surface area (Å²) in [7, 11) is 0. The molecule has 112 valence electrons. The molecule has 1 aromatic rings. The van der Waals surface area contributed by atoms with Gasteiger partial charge in [-0.3, -0.25) is 4.79 Å². The normalized spacial score (nSPS) is 11.3. The number of hydrogen-bond donors (Lipinski definition) is 1. The van der Waals surface area contributed by atoms with Crippen LogP contribution in [0.15, 0.2) is 16.6 Å². The van der Waals surface area contributed by atoms with Crippen molar-refractivity contribution in [3.8, 4) is 5.75 Å². The van der Waals surface area contributed by atoms with E-state index in [2.05, 4.69) is 42.0 Å². The van der Waals surface area contributed by atoms with Crippen LogP contribution < -0.4 is 10.1 Å². The summed E-state index contributed by atoms with van der Waals surface area (Å²) in [4.78, 5) is 12.0. The van der Waals surface area contributed by atoms with E-state index < -0.39 is 0 Å². The number of hydrogen-bond acceptors (Lipinski definition) is 3. The monoisotopic (exact) mass is 379 g/mol. The number of anilines is 1. The van der Waals surface area contributed by atoms with Crippen molar-refractivity contribution >= 4 is 50.9 Å². The van der Waals surface area contributed by atoms with Crippen LogP contribution in [0.3, 0.4) is 0 Å². The third-order valence-corrected chi connectivity index (χ3v) is 4.29. The largest absolute Gasteiger partial charge is 0.491 e. The third-order valence-electron chi connectivity index (χ3n) is 2.21. The molecule has 0 heterocycles. The van der Waals surface area contributed by atoms with Crippen molar-refractivity contribution < 1.29 is 9.53 Å². The Labute approximate surface area is 137 Å². The quantitative estimate of drug-likeness (QED) is 0.783. The second-order valence-corrected chi connectivity index (χ2v) is 8.24. The molecule has 0 spiro atoms. The maximum atomic E-state index is 12.0. The predicted molar refractivity (Wildman–Crippen MR) is 91.2 cm³/mol. The minimum Gasteiger partial charge on any atom is -0.491 e. The first-order valence-electron chi connectivity index (χ1n) is 6.28. The van der Waals surface area contributed by atoms with Gasteiger partial charge in [0.15, 0.2) is 5.75 Å². The van der Waals surface area contributed by atoms with Gasteiger partial charge in [-0.05, 0) is 35.0 Å². The molecule has 0 aromatic heterocycles. The zero-order chi connectivity index (χ0) is 15.3. The van der Waals surface area contributed by atoms with E-state index in [0.29, 0.717) is 28.8 Å². The zero-order valence-corrected chi connectivity index (χ0v) is 15.2. The molecule has 0 unspecified atom stereocenters. The molecule has 0 aliphatic carbocycles. The average Bonchev–Trinajstić information content (AvgIpc) is 2.30. The highest BCUT2D eigenvalue weighted by Gasteiger charge is 2.16. The Kier molecular flexibility index (Phi) is 6.69. The highest BCUT2D eigenvalue weighted by Crippen LogP contribution is 2.36. The topological polar surface area (TPSA) is 38.3 Å². The number of ether oxygens (including phenoxy) is 1. The number of amides is 1. The van der Waals surface area contributed by atoms with E-state index in [0.717, 1.165) is 4.47 Å². The molecule has 0 saturated carbocycles. The lowest BCUT2D eigenvalue weighted by Crippen LogP contribution is -2.19. The SMILES string of the molecule is CCOc1c(Br)cc(Cl)cc1NC(=O)CSC(C)(C)C. The number of thioether (sulfide) groups is 1. The Morgan fingerprint density at radius 1 is 1.45 bits per heavy atom. The predicted octanol–water partition coefficient (Wildman–Crippen LogP) is 4.97. The molecule has 0 bridgehead atoms. The van der Waals surface area contributed by atoms with Crippen LogP contribution in [0.2, 0.25) is 5.02 Å². The lowest BCUT2D eigenvalue weighted by molar-refractivity contribution is -0.113. The van der Waals surface area contributed by atoms with Crippen LogP contribution in [0, 0.1) is 0 Å². The molecular formula is C14H19BrClNO2S. The number of carbonyl (C=O) groups excluding carboxylic acids is 1. The fourth-order valence-corrected chi connectivity index (χ4v) is 2.97. The summed E-state index contributed by atoms with van der Waals surface area (Å²) in [6.45, 7) is 8.63. The minimum atomic E-state index is -0.0694. The van der Waals surface area contributed by atoms with Crippen LogP contribution in [-0.2, 0) is 4.79 Å². The summed E-state index contributed by atoms with van der Waals surface area (Å²) in [5.74, 6) is 0.921. The molecule has 1 N–H and O–H groups in total. The van der Waals surface area contributed by atoms with Gasteiger partial charge in [0.25, 0.3) is 0 Å². The Bertz CT molecular complexity index is 489. The van der Waals surface area contributed by atoms with Crippen LogP contribution in [0.1, 0.15) is 27.7 Å². The van der Waals surface area contributed by atoms with Crippen molar-refractivity contribution in [2.24, 2.45) is 0 Å². The van der Waals surface area contributed by atoms with Crippen LogP contribution >= 0.6 is 39.3 Å². The van der Waals surface area contributed by atoms with Gasteiger partial charge in [0.05, 0.1) is 22.5 Å². The van der Waals surface area contributed by atoms with Crippen LogP contribution in [0.5, 0.6) is 5.75 Å². The lowest BCUT2D eigenvalue weighted by atomic mass is 10.3. The molecule has 20 heavy (non-hydrogen) atoms. The highest BCUT2D eigenvalue weighted by molar-refractivity contribution is 9.10. The molecular weight excluding hydrogens is 362 g/mol. The average molecular weight is 381 g/mol. The number of halogens is 2. The Morgan fingerprint density at radius 2 is 2.10 bits per heavy atom. The van der Waals surface area contributed by atoms with Crippen LogP contribution in [-0.4, -0.2) is 23.0 Å². The van der Waals surface area contributed by atoms with E-state index >= 15 is 0 Å². The van der Waals surface area contributed by atoms with E-state index in [1.165, 1.54) is 0 Å². The number of nitrogens with one attached hydrogen (secondary N) is 1. The van der Waals surface area contributed by atoms with Gasteiger partial charge in [-0.2, -0.15) is 0 Å². The molecule has 0 saturated heterocycles. The second kappa shape index (κ2) is 7.57. The first kappa shape index (κ1) is 17.7. The first-order chi connectivity index (χ1) is 9.23. The summed E-state index contributed by atoms with van der Waals surface area (Å²) in [6.07, 6.45) is 0. The Hall–Kier alpha value is -0.390. The van der Waals surface area contributed by atoms with E-state index in [1.54, 1.807) is 23.9 Å². The molecule has 0 radical (unpaired) electrons. The minimum absolute atomic E-state index is 0.0506. The van der Waals surface area contributed by atoms with Gasteiger partial charge in [0.2, 0.25) is 5.91 Å². The second-order valence-electron chi connectivity index (χ2n) is 5.15. The van der Waals surface area contributed by atoms with Gasteiger partial charge in [-0.1, -0.05) is 32.4 Å². The summed E-state index contributed by atoms with van der Waals surface area (Å²) >= 11 is 11.0. The van der Waals surface area contributed by atoms with Crippen molar-refractivity contribution in [2.45, 2.75) is 32.4 Å². The Balaban J connectivity index is 2.83. The number of benzene rings is 1. The lowest BCUT2D eigenvalue weighted by Gasteiger charge is -2.18. The molecule has 0 atom stereocenters. The molecule has 0 aliphatic heterocycles. The summed E-state index contributed by atoms with van der Waals surface area (Å²) < 4.78 is 6.32. The smallest absolute Gasteiger partial charge is 0.234 e. The summed E-state index contributed by atoms with van der Waals surface area (Å²) in [5, 5.41) is 3.39. The fraction of sp³-hybridized carbons (Fsp3) is 0.500. The van der Waals surface area contributed by atoms with Gasteiger partial charge in [0, 0.05) is 9.77 Å². The van der Waals surface area contributed by atoms with Crippen molar-refractivity contribution in [1.82, 2.24) is 0 Å². The third kappa shape index (κ3) is 5.94. The zero-order valence-electron chi connectivity index (χ0n) is 12.0. The van der Waals surface area contributed by atoms with Gasteiger partial charge >= 0.3 is 0 Å². The van der Waals surface area contributed by atoms with Crippen LogP contribution in [0.25, 0.3) is 0 Å².